The van der Waals surface area contributed by atoms with Gasteiger partial charge >= 0.3 is 0 Å². The van der Waals surface area contributed by atoms with Crippen LogP contribution in [0.2, 0.25) is 0 Å². The van der Waals surface area contributed by atoms with Crippen molar-refractivity contribution in [2.75, 3.05) is 0 Å². The van der Waals surface area contributed by atoms with E-state index in [0.29, 0.717) is 0 Å². The number of rotatable bonds is 0. The minimum atomic E-state index is -0.465. The van der Waals surface area contributed by atoms with Gasteiger partial charge < -0.3 is 0 Å². The molecule has 0 radical (unpaired) electrons. The molecule has 0 unspecified atom stereocenters. The van der Waals surface area contributed by atoms with Crippen LogP contribution in [-0.4, -0.2) is 4.98 Å². The van der Waals surface area contributed by atoms with Crippen molar-refractivity contribution in [2.45, 2.75) is 2.14 Å². The van der Waals surface area contributed by atoms with Crippen LogP contribution >= 0.6 is 47.8 Å². The Bertz CT molecular complexity index is 732. The second-order valence-corrected chi connectivity index (χ2v) is 10.8. The van der Waals surface area contributed by atoms with Crippen molar-refractivity contribution < 1.29 is 0 Å². The maximum atomic E-state index is 4.66. The first kappa shape index (κ1) is 12.6. The van der Waals surface area contributed by atoms with E-state index in [9.17, 15) is 0 Å². The van der Waals surface area contributed by atoms with Crippen LogP contribution in [0.15, 0.2) is 48.5 Å². The van der Waals surface area contributed by atoms with Crippen LogP contribution in [0.1, 0.15) is 5.69 Å². The van der Waals surface area contributed by atoms with Crippen molar-refractivity contribution >= 4 is 69.5 Å². The fourth-order valence-electron chi connectivity index (χ4n) is 2.04. The van der Waals surface area contributed by atoms with E-state index in [1.54, 1.807) is 0 Å². The van der Waals surface area contributed by atoms with Crippen molar-refractivity contribution in [3.05, 3.63) is 54.2 Å². The summed E-state index contributed by atoms with van der Waals surface area (Å²) in [6, 6.07) is 16.6. The lowest BCUT2D eigenvalue weighted by Gasteiger charge is -2.12. The third kappa shape index (κ3) is 2.22. The van der Waals surface area contributed by atoms with Crippen molar-refractivity contribution in [2.24, 2.45) is 0 Å². The van der Waals surface area contributed by atoms with Crippen LogP contribution in [-0.2, 0) is 2.14 Å². The van der Waals surface area contributed by atoms with E-state index in [2.05, 4.69) is 95.2 Å². The van der Waals surface area contributed by atoms with E-state index in [1.165, 1.54) is 16.2 Å². The largest absolute Gasteiger partial charge is 0.249 e. The maximum Gasteiger partial charge on any atom is 0.176 e. The van der Waals surface area contributed by atoms with E-state index in [1.807, 2.05) is 6.07 Å². The normalized spacial score (nSPS) is 12.2. The molecule has 0 amide bonds. The van der Waals surface area contributed by atoms with Gasteiger partial charge in [0.25, 0.3) is 0 Å². The Kier molecular flexibility index (Phi) is 3.20. The fourth-order valence-corrected chi connectivity index (χ4v) is 2.71. The van der Waals surface area contributed by atoms with E-state index in [4.69, 9.17) is 0 Å². The first-order chi connectivity index (χ1) is 8.55. The topological polar surface area (TPSA) is 12.9 Å². The van der Waals surface area contributed by atoms with Crippen molar-refractivity contribution in [3.8, 4) is 0 Å². The lowest BCUT2D eigenvalue weighted by molar-refractivity contribution is 1.20. The molecule has 3 rings (SSSR count). The molecule has 0 atom stereocenters. The fraction of sp³-hybridized carbons (Fsp3) is 0.0714. The Balaban J connectivity index is 2.35. The number of aromatic nitrogens is 1. The number of fused-ring (bicyclic) bond motifs is 3. The molecular weight excluding hydrogens is 422 g/mol. The van der Waals surface area contributed by atoms with Crippen LogP contribution in [0.5, 0.6) is 0 Å². The molecule has 1 aromatic heterocycles. The van der Waals surface area contributed by atoms with Gasteiger partial charge in [-0.2, -0.15) is 0 Å². The summed E-state index contributed by atoms with van der Waals surface area (Å²) < 4.78 is -0.465. The highest BCUT2D eigenvalue weighted by Crippen LogP contribution is 2.43. The minimum Gasteiger partial charge on any atom is -0.249 e. The van der Waals surface area contributed by atoms with Gasteiger partial charge in [-0.1, -0.05) is 84.2 Å². The first-order valence-electron chi connectivity index (χ1n) is 5.41. The lowest BCUT2D eigenvalue weighted by atomic mass is 10.1. The molecule has 4 heteroatoms. The monoisotopic (exact) mass is 427 g/mol. The second kappa shape index (κ2) is 4.58. The molecule has 90 valence electrons. The highest BCUT2D eigenvalue weighted by atomic mass is 80.0. The molecule has 2 aromatic carbocycles. The summed E-state index contributed by atoms with van der Waals surface area (Å²) in [5.41, 5.74) is 1.89. The van der Waals surface area contributed by atoms with E-state index < -0.39 is 2.14 Å². The van der Waals surface area contributed by atoms with Gasteiger partial charge in [-0.05, 0) is 22.9 Å². The predicted molar refractivity (Wildman–Crippen MR) is 87.7 cm³/mol. The summed E-state index contributed by atoms with van der Waals surface area (Å²) in [6.45, 7) is 0. The van der Waals surface area contributed by atoms with Gasteiger partial charge in [0.1, 0.15) is 0 Å². The molecule has 0 saturated heterocycles. The Hall–Kier alpha value is -0.450. The Morgan fingerprint density at radius 3 is 2.33 bits per heavy atom. The Morgan fingerprint density at radius 1 is 0.778 bits per heavy atom. The number of nitrogens with zero attached hydrogens (tertiary/aromatic N) is 1. The molecule has 0 aliphatic heterocycles. The molecule has 1 heterocycles. The number of alkyl halides is 3. The van der Waals surface area contributed by atoms with Gasteiger partial charge in [0.05, 0.1) is 11.2 Å². The highest BCUT2D eigenvalue weighted by Gasteiger charge is 2.22. The van der Waals surface area contributed by atoms with Gasteiger partial charge in [-0.3, -0.25) is 0 Å². The molecule has 0 bridgehead atoms. The summed E-state index contributed by atoms with van der Waals surface area (Å²) in [6.07, 6.45) is 0. The molecule has 0 spiro atoms. The molecule has 1 nitrogen and oxygen atoms in total. The Labute approximate surface area is 130 Å². The minimum absolute atomic E-state index is 0.465. The van der Waals surface area contributed by atoms with E-state index in [-0.39, 0.29) is 0 Å². The van der Waals surface area contributed by atoms with Gasteiger partial charge in [0, 0.05) is 5.39 Å². The molecule has 0 aliphatic rings. The lowest BCUT2D eigenvalue weighted by Crippen LogP contribution is -2.01. The average Bonchev–Trinajstić information content (AvgIpc) is 2.37. The molecule has 18 heavy (non-hydrogen) atoms. The summed E-state index contributed by atoms with van der Waals surface area (Å²) in [7, 11) is 0. The smallest absolute Gasteiger partial charge is 0.176 e. The first-order valence-corrected chi connectivity index (χ1v) is 7.79. The summed E-state index contributed by atoms with van der Waals surface area (Å²) in [5, 5.41) is 3.65. The standard InChI is InChI=1S/C14H8Br3N/c15-14(16,17)13-8-6-11-10-4-2-1-3-9(10)5-7-12(11)18-13/h1-8H. The van der Waals surface area contributed by atoms with Crippen LogP contribution in [0.4, 0.5) is 0 Å². The van der Waals surface area contributed by atoms with Crippen LogP contribution in [0.25, 0.3) is 21.7 Å². The van der Waals surface area contributed by atoms with Crippen molar-refractivity contribution in [1.82, 2.24) is 4.98 Å². The van der Waals surface area contributed by atoms with E-state index in [0.717, 1.165) is 11.2 Å². The van der Waals surface area contributed by atoms with Gasteiger partial charge in [0.2, 0.25) is 0 Å². The zero-order valence-corrected chi connectivity index (χ0v) is 14.0. The summed E-state index contributed by atoms with van der Waals surface area (Å²) >= 11 is 10.5. The maximum absolute atomic E-state index is 4.66. The quantitative estimate of drug-likeness (QED) is 0.331. The van der Waals surface area contributed by atoms with Crippen LogP contribution in [0.3, 0.4) is 0 Å². The zero-order chi connectivity index (χ0) is 12.8. The third-order valence-corrected chi connectivity index (χ3v) is 4.11. The molecule has 0 saturated carbocycles. The molecular formula is C14H8Br3N. The van der Waals surface area contributed by atoms with Crippen LogP contribution in [0, 0.1) is 0 Å². The van der Waals surface area contributed by atoms with Gasteiger partial charge in [-0.15, -0.1) is 0 Å². The van der Waals surface area contributed by atoms with E-state index >= 15 is 0 Å². The summed E-state index contributed by atoms with van der Waals surface area (Å²) in [4.78, 5) is 4.66. The molecule has 0 fully saturated rings. The Morgan fingerprint density at radius 2 is 1.56 bits per heavy atom. The van der Waals surface area contributed by atoms with Crippen molar-refractivity contribution in [1.29, 1.82) is 0 Å². The molecule has 0 N–H and O–H groups in total. The number of benzene rings is 2. The van der Waals surface area contributed by atoms with Crippen LogP contribution < -0.4 is 0 Å². The predicted octanol–water partition coefficient (Wildman–Crippen LogP) is 5.68. The second-order valence-electron chi connectivity index (χ2n) is 4.05. The highest BCUT2D eigenvalue weighted by molar-refractivity contribution is 9.38. The molecule has 3 aromatic rings. The average molecular weight is 430 g/mol. The van der Waals surface area contributed by atoms with Gasteiger partial charge in [-0.25, -0.2) is 4.98 Å². The molecule has 0 aliphatic carbocycles. The zero-order valence-electron chi connectivity index (χ0n) is 9.20. The number of pyridine rings is 1. The number of halogens is 3. The van der Waals surface area contributed by atoms with Gasteiger partial charge in [0.15, 0.2) is 2.14 Å². The van der Waals surface area contributed by atoms with Crippen molar-refractivity contribution in [3.63, 3.8) is 0 Å². The number of hydrogen-bond acceptors (Lipinski definition) is 1. The SMILES string of the molecule is BrC(Br)(Br)c1ccc2c(ccc3ccccc32)n1. The number of hydrogen-bond donors (Lipinski definition) is 0. The third-order valence-electron chi connectivity index (χ3n) is 2.89. The summed E-state index contributed by atoms with van der Waals surface area (Å²) in [5.74, 6) is 0.